The Labute approximate surface area is 140 Å². The summed E-state index contributed by atoms with van der Waals surface area (Å²) in [6, 6.07) is 4.09. The molecular weight excluding hydrogens is 339 g/mol. The highest BCUT2D eigenvalue weighted by Gasteiger charge is 2.35. The third-order valence-electron chi connectivity index (χ3n) is 4.14. The molecule has 1 aliphatic heterocycles. The summed E-state index contributed by atoms with van der Waals surface area (Å²) < 4.78 is 40.4. The van der Waals surface area contributed by atoms with Gasteiger partial charge in [0.1, 0.15) is 0 Å². The summed E-state index contributed by atoms with van der Waals surface area (Å²) in [6.07, 6.45) is -1.98. The van der Waals surface area contributed by atoms with Crippen LogP contribution in [-0.4, -0.2) is 33.3 Å². The molecule has 6 nitrogen and oxygen atoms in total. The zero-order valence-electron chi connectivity index (χ0n) is 12.8. The molecule has 9 heteroatoms. The Morgan fingerprint density at radius 2 is 2.16 bits per heavy atom. The Hall–Kier alpha value is -2.84. The summed E-state index contributed by atoms with van der Waals surface area (Å²) in [6.45, 7) is 0.280. The number of carboxylic acid groups (broad SMARTS) is 1. The number of rotatable bonds is 4. The van der Waals surface area contributed by atoms with Crippen molar-refractivity contribution in [1.29, 1.82) is 0 Å². The number of benzene rings is 1. The largest absolute Gasteiger partial charge is 0.478 e. The first-order chi connectivity index (χ1) is 11.8. The van der Waals surface area contributed by atoms with Crippen LogP contribution in [0.3, 0.4) is 0 Å². The van der Waals surface area contributed by atoms with Crippen molar-refractivity contribution >= 4 is 11.9 Å². The molecule has 3 rings (SSSR count). The summed E-state index contributed by atoms with van der Waals surface area (Å²) in [5.41, 5.74) is -0.566. The molecule has 132 valence electrons. The third kappa shape index (κ3) is 3.49. The SMILES string of the molecule is O=C1CC(C(c2cccc(C(F)(F)F)c2)n2cc(C(=O)O)cn2)CN1. The average Bonchev–Trinajstić information content (AvgIpc) is 3.17. The first kappa shape index (κ1) is 17.0. The molecule has 0 saturated carbocycles. The molecule has 1 aromatic heterocycles. The van der Waals surface area contributed by atoms with Crippen molar-refractivity contribution in [2.75, 3.05) is 6.54 Å². The highest BCUT2D eigenvalue weighted by Crippen LogP contribution is 2.35. The van der Waals surface area contributed by atoms with Crippen LogP contribution in [-0.2, 0) is 11.0 Å². The minimum absolute atomic E-state index is 0.0748. The van der Waals surface area contributed by atoms with Crippen LogP contribution >= 0.6 is 0 Å². The van der Waals surface area contributed by atoms with Crippen LogP contribution in [0.5, 0.6) is 0 Å². The zero-order valence-corrected chi connectivity index (χ0v) is 12.8. The van der Waals surface area contributed by atoms with Gasteiger partial charge in [0, 0.05) is 25.1 Å². The molecule has 25 heavy (non-hydrogen) atoms. The molecule has 0 aliphatic carbocycles. The molecule has 0 spiro atoms. The van der Waals surface area contributed by atoms with Crippen LogP contribution in [0.1, 0.15) is 33.9 Å². The zero-order chi connectivity index (χ0) is 18.2. The van der Waals surface area contributed by atoms with E-state index < -0.39 is 23.8 Å². The van der Waals surface area contributed by atoms with Crippen molar-refractivity contribution in [3.63, 3.8) is 0 Å². The van der Waals surface area contributed by atoms with Crippen molar-refractivity contribution in [2.24, 2.45) is 5.92 Å². The van der Waals surface area contributed by atoms with Crippen LogP contribution in [0.25, 0.3) is 0 Å². The predicted molar refractivity (Wildman–Crippen MR) is 79.9 cm³/mol. The Kier molecular flexibility index (Phi) is 4.23. The number of hydrogen-bond acceptors (Lipinski definition) is 3. The van der Waals surface area contributed by atoms with Crippen LogP contribution in [0.2, 0.25) is 0 Å². The van der Waals surface area contributed by atoms with Gasteiger partial charge in [-0.25, -0.2) is 4.79 Å². The van der Waals surface area contributed by atoms with E-state index in [1.54, 1.807) is 0 Å². The van der Waals surface area contributed by atoms with E-state index in [1.165, 1.54) is 23.0 Å². The fraction of sp³-hybridized carbons (Fsp3) is 0.312. The Morgan fingerprint density at radius 1 is 1.40 bits per heavy atom. The maximum atomic E-state index is 13.0. The van der Waals surface area contributed by atoms with Gasteiger partial charge in [-0.05, 0) is 17.7 Å². The van der Waals surface area contributed by atoms with Gasteiger partial charge in [-0.1, -0.05) is 12.1 Å². The second-order valence-corrected chi connectivity index (χ2v) is 5.85. The molecule has 0 radical (unpaired) electrons. The van der Waals surface area contributed by atoms with Crippen molar-refractivity contribution in [2.45, 2.75) is 18.6 Å². The summed E-state index contributed by atoms with van der Waals surface area (Å²) in [4.78, 5) is 22.6. The van der Waals surface area contributed by atoms with Gasteiger partial charge in [0.2, 0.25) is 5.91 Å². The van der Waals surface area contributed by atoms with Crippen molar-refractivity contribution in [1.82, 2.24) is 15.1 Å². The predicted octanol–water partition coefficient (Wildman–Crippen LogP) is 2.33. The number of carbonyl (C=O) groups excluding carboxylic acids is 1. The molecule has 1 aliphatic rings. The molecule has 2 N–H and O–H groups in total. The van der Waals surface area contributed by atoms with Gasteiger partial charge in [0.05, 0.1) is 23.4 Å². The van der Waals surface area contributed by atoms with E-state index in [9.17, 15) is 22.8 Å². The van der Waals surface area contributed by atoms with E-state index in [0.29, 0.717) is 5.56 Å². The highest BCUT2D eigenvalue weighted by atomic mass is 19.4. The lowest BCUT2D eigenvalue weighted by Gasteiger charge is -2.24. The molecule has 0 bridgehead atoms. The number of nitrogens with one attached hydrogen (secondary N) is 1. The molecule has 1 fully saturated rings. The molecule has 2 heterocycles. The topological polar surface area (TPSA) is 84.2 Å². The van der Waals surface area contributed by atoms with Crippen molar-refractivity contribution < 1.29 is 27.9 Å². The smallest absolute Gasteiger partial charge is 0.416 e. The highest BCUT2D eigenvalue weighted by molar-refractivity contribution is 5.86. The Morgan fingerprint density at radius 3 is 2.72 bits per heavy atom. The summed E-state index contributed by atoms with van der Waals surface area (Å²) in [5, 5.41) is 15.7. The number of aromatic carboxylic acids is 1. The van der Waals surface area contributed by atoms with Gasteiger partial charge in [-0.15, -0.1) is 0 Å². The number of alkyl halides is 3. The number of aromatic nitrogens is 2. The van der Waals surface area contributed by atoms with E-state index >= 15 is 0 Å². The van der Waals surface area contributed by atoms with Gasteiger partial charge in [-0.3, -0.25) is 9.48 Å². The molecule has 1 aromatic carbocycles. The van der Waals surface area contributed by atoms with Crippen molar-refractivity contribution in [3.8, 4) is 0 Å². The first-order valence-electron chi connectivity index (χ1n) is 7.47. The maximum Gasteiger partial charge on any atom is 0.416 e. The fourth-order valence-electron chi connectivity index (χ4n) is 2.99. The molecule has 2 aromatic rings. The van der Waals surface area contributed by atoms with Gasteiger partial charge in [0.15, 0.2) is 0 Å². The standard InChI is InChI=1S/C16H14F3N3O3/c17-16(18,19)12-3-1-2-9(4-12)14(10-5-13(23)20-6-10)22-8-11(7-21-22)15(24)25/h1-4,7-8,10,14H,5-6H2,(H,20,23)(H,24,25). The number of amides is 1. The van der Waals surface area contributed by atoms with E-state index in [-0.39, 0.29) is 30.4 Å². The number of nitrogens with zero attached hydrogens (tertiary/aromatic N) is 2. The van der Waals surface area contributed by atoms with E-state index in [1.807, 2.05) is 0 Å². The molecule has 1 amide bonds. The second-order valence-electron chi connectivity index (χ2n) is 5.85. The lowest BCUT2D eigenvalue weighted by molar-refractivity contribution is -0.137. The van der Waals surface area contributed by atoms with Crippen LogP contribution < -0.4 is 5.32 Å². The quantitative estimate of drug-likeness (QED) is 0.884. The van der Waals surface area contributed by atoms with Crippen LogP contribution in [0.4, 0.5) is 13.2 Å². The number of carbonyl (C=O) groups is 2. The summed E-state index contributed by atoms with van der Waals surface area (Å²) in [5.74, 6) is -1.72. The van der Waals surface area contributed by atoms with Gasteiger partial charge in [0.25, 0.3) is 0 Å². The van der Waals surface area contributed by atoms with Crippen LogP contribution in [0.15, 0.2) is 36.7 Å². The number of carboxylic acids is 1. The second kappa shape index (κ2) is 6.23. The average molecular weight is 353 g/mol. The third-order valence-corrected chi connectivity index (χ3v) is 4.14. The molecular formula is C16H14F3N3O3. The molecule has 1 saturated heterocycles. The van der Waals surface area contributed by atoms with Gasteiger partial charge >= 0.3 is 12.1 Å². The Bertz CT molecular complexity index is 816. The summed E-state index contributed by atoms with van der Waals surface area (Å²) in [7, 11) is 0. The lowest BCUT2D eigenvalue weighted by atomic mass is 9.91. The van der Waals surface area contributed by atoms with Crippen LogP contribution in [0, 0.1) is 5.92 Å². The minimum Gasteiger partial charge on any atom is -0.478 e. The lowest BCUT2D eigenvalue weighted by Crippen LogP contribution is -2.24. The van der Waals surface area contributed by atoms with E-state index in [0.717, 1.165) is 18.3 Å². The first-order valence-corrected chi connectivity index (χ1v) is 7.47. The Balaban J connectivity index is 2.05. The summed E-state index contributed by atoms with van der Waals surface area (Å²) >= 11 is 0. The van der Waals surface area contributed by atoms with Gasteiger partial charge < -0.3 is 10.4 Å². The van der Waals surface area contributed by atoms with E-state index in [2.05, 4.69) is 10.4 Å². The minimum atomic E-state index is -4.50. The number of hydrogen-bond donors (Lipinski definition) is 2. The van der Waals surface area contributed by atoms with E-state index in [4.69, 9.17) is 5.11 Å². The molecule has 2 unspecified atom stereocenters. The number of halogens is 3. The van der Waals surface area contributed by atoms with Crippen molar-refractivity contribution in [3.05, 3.63) is 53.3 Å². The maximum absolute atomic E-state index is 13.0. The molecule has 2 atom stereocenters. The fourth-order valence-corrected chi connectivity index (χ4v) is 2.99. The van der Waals surface area contributed by atoms with Gasteiger partial charge in [-0.2, -0.15) is 18.3 Å². The normalized spacial score (nSPS) is 18.8. The monoisotopic (exact) mass is 353 g/mol.